The van der Waals surface area contributed by atoms with Gasteiger partial charge in [0.15, 0.2) is 0 Å². The van der Waals surface area contributed by atoms with Gasteiger partial charge in [-0.3, -0.25) is 9.59 Å². The Balaban J connectivity index is 0.00000225. The second-order valence-corrected chi connectivity index (χ2v) is 6.48. The Bertz CT molecular complexity index is 608. The molecule has 0 spiro atoms. The molecule has 2 aliphatic rings. The van der Waals surface area contributed by atoms with Gasteiger partial charge in [-0.05, 0) is 44.5 Å². The minimum absolute atomic E-state index is 0. The van der Waals surface area contributed by atoms with Gasteiger partial charge in [0.2, 0.25) is 5.91 Å². The largest absolute Gasteiger partial charge is 0.341 e. The fourth-order valence-electron chi connectivity index (χ4n) is 3.47. The molecule has 0 aliphatic carbocycles. The van der Waals surface area contributed by atoms with E-state index in [-0.39, 0.29) is 35.7 Å². The van der Waals surface area contributed by atoms with E-state index in [1.54, 1.807) is 17.0 Å². The molecule has 0 radical (unpaired) electrons. The summed E-state index contributed by atoms with van der Waals surface area (Å²) in [5.41, 5.74) is 0.107. The van der Waals surface area contributed by atoms with E-state index in [1.165, 1.54) is 12.1 Å². The lowest BCUT2D eigenvalue weighted by molar-refractivity contribution is -0.136. The van der Waals surface area contributed by atoms with Crippen LogP contribution in [-0.4, -0.2) is 60.9 Å². The van der Waals surface area contributed by atoms with Gasteiger partial charge >= 0.3 is 0 Å². The summed E-state index contributed by atoms with van der Waals surface area (Å²) in [5.74, 6) is -0.476. The van der Waals surface area contributed by atoms with Crippen molar-refractivity contribution in [3.05, 3.63) is 35.6 Å². The Hall–Kier alpha value is -1.66. The van der Waals surface area contributed by atoms with Crippen molar-refractivity contribution in [3.63, 3.8) is 0 Å². The van der Waals surface area contributed by atoms with Crippen LogP contribution < -0.4 is 5.32 Å². The lowest BCUT2D eigenvalue weighted by Crippen LogP contribution is -2.43. The quantitative estimate of drug-likeness (QED) is 0.866. The number of halogens is 2. The molecule has 25 heavy (non-hydrogen) atoms. The summed E-state index contributed by atoms with van der Waals surface area (Å²) in [4.78, 5) is 28.7. The van der Waals surface area contributed by atoms with Gasteiger partial charge in [0, 0.05) is 32.1 Å². The van der Waals surface area contributed by atoms with Crippen molar-refractivity contribution in [3.8, 4) is 0 Å². The Morgan fingerprint density at radius 1 is 1.00 bits per heavy atom. The number of hydrogen-bond acceptors (Lipinski definition) is 3. The Labute approximate surface area is 154 Å². The third-order valence-corrected chi connectivity index (χ3v) is 4.89. The summed E-state index contributed by atoms with van der Waals surface area (Å²) in [6.45, 7) is 4.00. The summed E-state index contributed by atoms with van der Waals surface area (Å²) < 4.78 is 13.8. The van der Waals surface area contributed by atoms with Crippen LogP contribution >= 0.6 is 12.4 Å². The van der Waals surface area contributed by atoms with Crippen LogP contribution in [0.4, 0.5) is 4.39 Å². The second kappa shape index (κ2) is 9.15. The van der Waals surface area contributed by atoms with Gasteiger partial charge < -0.3 is 15.1 Å². The van der Waals surface area contributed by atoms with Crippen LogP contribution in [0.5, 0.6) is 0 Å². The van der Waals surface area contributed by atoms with Gasteiger partial charge in [0.1, 0.15) is 5.82 Å². The van der Waals surface area contributed by atoms with E-state index in [1.807, 2.05) is 4.90 Å². The summed E-state index contributed by atoms with van der Waals surface area (Å²) in [6, 6.07) is 6.06. The highest BCUT2D eigenvalue weighted by atomic mass is 35.5. The fourth-order valence-corrected chi connectivity index (χ4v) is 3.47. The number of carbonyl (C=O) groups excluding carboxylic acids is 2. The number of rotatable bonds is 2. The minimum Gasteiger partial charge on any atom is -0.341 e. The summed E-state index contributed by atoms with van der Waals surface area (Å²) in [5, 5.41) is 3.27. The first-order valence-corrected chi connectivity index (χ1v) is 8.70. The Kier molecular flexibility index (Phi) is 7.20. The zero-order valence-corrected chi connectivity index (χ0v) is 15.1. The maximum Gasteiger partial charge on any atom is 0.256 e. The van der Waals surface area contributed by atoms with Gasteiger partial charge in [-0.1, -0.05) is 12.1 Å². The maximum atomic E-state index is 13.8. The molecule has 2 amide bonds. The number of piperidine rings is 1. The molecule has 0 atom stereocenters. The van der Waals surface area contributed by atoms with Crippen molar-refractivity contribution in [2.75, 3.05) is 39.3 Å². The zero-order chi connectivity index (χ0) is 16.9. The summed E-state index contributed by atoms with van der Waals surface area (Å²) >= 11 is 0. The highest BCUT2D eigenvalue weighted by molar-refractivity contribution is 5.94. The van der Waals surface area contributed by atoms with E-state index in [4.69, 9.17) is 0 Å². The van der Waals surface area contributed by atoms with Gasteiger partial charge in [-0.2, -0.15) is 0 Å². The first kappa shape index (κ1) is 19.7. The predicted molar refractivity (Wildman–Crippen MR) is 96.3 cm³/mol. The molecule has 0 unspecified atom stereocenters. The molecule has 2 aliphatic heterocycles. The predicted octanol–water partition coefficient (Wildman–Crippen LogP) is 1.92. The van der Waals surface area contributed by atoms with E-state index in [0.717, 1.165) is 32.4 Å². The van der Waals surface area contributed by atoms with Crippen molar-refractivity contribution in [2.45, 2.75) is 19.3 Å². The second-order valence-electron chi connectivity index (χ2n) is 6.48. The summed E-state index contributed by atoms with van der Waals surface area (Å²) in [6.07, 6.45) is 2.50. The van der Waals surface area contributed by atoms with Crippen molar-refractivity contribution in [1.29, 1.82) is 0 Å². The van der Waals surface area contributed by atoms with Crippen LogP contribution in [0.15, 0.2) is 24.3 Å². The molecule has 7 heteroatoms. The van der Waals surface area contributed by atoms with Gasteiger partial charge in [0.25, 0.3) is 5.91 Å². The molecule has 2 fully saturated rings. The highest BCUT2D eigenvalue weighted by Gasteiger charge is 2.28. The molecule has 138 valence electrons. The molecule has 5 nitrogen and oxygen atoms in total. The molecule has 1 aromatic rings. The van der Waals surface area contributed by atoms with Crippen LogP contribution in [0.2, 0.25) is 0 Å². The van der Waals surface area contributed by atoms with Crippen molar-refractivity contribution < 1.29 is 14.0 Å². The van der Waals surface area contributed by atoms with Gasteiger partial charge in [-0.25, -0.2) is 4.39 Å². The smallest absolute Gasteiger partial charge is 0.256 e. The summed E-state index contributed by atoms with van der Waals surface area (Å²) in [7, 11) is 0. The van der Waals surface area contributed by atoms with Gasteiger partial charge in [-0.15, -0.1) is 12.4 Å². The standard InChI is InChI=1S/C18H24FN3O2.ClH/c19-16-5-2-1-4-15(16)18(24)22-11-3-10-21(12-13-22)17(23)14-6-8-20-9-7-14;/h1-2,4-5,14,20H,3,6-13H2;1H. The minimum atomic E-state index is -0.491. The lowest BCUT2D eigenvalue weighted by Gasteiger charge is -2.28. The molecule has 1 aromatic carbocycles. The average molecular weight is 370 g/mol. The molecular formula is C18H25ClFN3O2. The molecule has 0 saturated carbocycles. The van der Waals surface area contributed by atoms with Crippen LogP contribution in [-0.2, 0) is 4.79 Å². The SMILES string of the molecule is Cl.O=C(c1ccccc1F)N1CCCN(C(=O)C2CCNCC2)CC1. The highest BCUT2D eigenvalue weighted by Crippen LogP contribution is 2.18. The number of hydrogen-bond donors (Lipinski definition) is 1. The first-order valence-electron chi connectivity index (χ1n) is 8.70. The first-order chi connectivity index (χ1) is 11.7. The average Bonchev–Trinajstić information content (AvgIpc) is 2.88. The monoisotopic (exact) mass is 369 g/mol. The van der Waals surface area contributed by atoms with E-state index in [2.05, 4.69) is 5.32 Å². The number of nitrogens with zero attached hydrogens (tertiary/aromatic N) is 2. The number of carbonyl (C=O) groups is 2. The van der Waals surface area contributed by atoms with E-state index in [9.17, 15) is 14.0 Å². The third-order valence-electron chi connectivity index (χ3n) is 4.89. The van der Waals surface area contributed by atoms with Crippen molar-refractivity contribution in [1.82, 2.24) is 15.1 Å². The van der Waals surface area contributed by atoms with E-state index >= 15 is 0 Å². The Morgan fingerprint density at radius 3 is 2.36 bits per heavy atom. The number of amides is 2. The molecular weight excluding hydrogens is 345 g/mol. The number of benzene rings is 1. The normalized spacial score (nSPS) is 19.1. The van der Waals surface area contributed by atoms with E-state index < -0.39 is 5.82 Å². The van der Waals surface area contributed by atoms with E-state index in [0.29, 0.717) is 26.2 Å². The van der Waals surface area contributed by atoms with Gasteiger partial charge in [0.05, 0.1) is 5.56 Å². The number of nitrogens with one attached hydrogen (secondary N) is 1. The molecule has 1 N–H and O–H groups in total. The van der Waals surface area contributed by atoms with Crippen LogP contribution in [0.1, 0.15) is 29.6 Å². The van der Waals surface area contributed by atoms with Crippen molar-refractivity contribution >= 4 is 24.2 Å². The van der Waals surface area contributed by atoms with Crippen molar-refractivity contribution in [2.24, 2.45) is 5.92 Å². The molecule has 0 bridgehead atoms. The molecule has 0 aromatic heterocycles. The Morgan fingerprint density at radius 2 is 1.64 bits per heavy atom. The fraction of sp³-hybridized carbons (Fsp3) is 0.556. The maximum absolute atomic E-state index is 13.8. The third kappa shape index (κ3) is 4.70. The van der Waals surface area contributed by atoms with Crippen LogP contribution in [0.3, 0.4) is 0 Å². The molecule has 2 heterocycles. The van der Waals surface area contributed by atoms with Crippen LogP contribution in [0, 0.1) is 11.7 Å². The molecule has 2 saturated heterocycles. The topological polar surface area (TPSA) is 52.7 Å². The zero-order valence-electron chi connectivity index (χ0n) is 14.2. The van der Waals surface area contributed by atoms with Crippen LogP contribution in [0.25, 0.3) is 0 Å². The lowest BCUT2D eigenvalue weighted by atomic mass is 9.96. The molecule has 3 rings (SSSR count).